The fourth-order valence-electron chi connectivity index (χ4n) is 1.39. The van der Waals surface area contributed by atoms with Crippen molar-refractivity contribution in [2.24, 2.45) is 0 Å². The molecule has 0 saturated heterocycles. The summed E-state index contributed by atoms with van der Waals surface area (Å²) in [5.41, 5.74) is 0.780. The van der Waals surface area contributed by atoms with E-state index in [2.05, 4.69) is 31.2 Å². The van der Waals surface area contributed by atoms with E-state index >= 15 is 0 Å². The number of anilines is 1. The summed E-state index contributed by atoms with van der Waals surface area (Å²) in [5, 5.41) is 4.72. The third-order valence-corrected chi connectivity index (χ3v) is 4.01. The summed E-state index contributed by atoms with van der Waals surface area (Å²) in [6.45, 7) is 0.387. The molecule has 2 heterocycles. The van der Waals surface area contributed by atoms with Gasteiger partial charge in [0.2, 0.25) is 5.95 Å². The molecule has 0 unspecified atom stereocenters. The smallest absolute Gasteiger partial charge is 0.261 e. The Morgan fingerprint density at radius 2 is 2.32 bits per heavy atom. The number of hydrogen-bond donors (Lipinski definition) is 1. The van der Waals surface area contributed by atoms with Gasteiger partial charge in [-0.1, -0.05) is 0 Å². The van der Waals surface area contributed by atoms with Gasteiger partial charge in [-0.2, -0.15) is 0 Å². The van der Waals surface area contributed by atoms with Crippen LogP contribution in [0.15, 0.2) is 28.2 Å². The van der Waals surface area contributed by atoms with Crippen LogP contribution in [0.3, 0.4) is 0 Å². The number of thiophene rings is 1. The average molecular weight is 341 g/mol. The van der Waals surface area contributed by atoms with Crippen LogP contribution >= 0.6 is 27.3 Å². The summed E-state index contributed by atoms with van der Waals surface area (Å²) in [6, 6.07) is 3.59. The fourth-order valence-corrected chi connectivity index (χ4v) is 2.73. The van der Waals surface area contributed by atoms with Crippen molar-refractivity contribution in [1.29, 1.82) is 0 Å². The second-order valence-corrected chi connectivity index (χ2v) is 5.88. The largest absolute Gasteiger partial charge is 0.347 e. The molecule has 19 heavy (non-hydrogen) atoms. The molecule has 2 aromatic heterocycles. The van der Waals surface area contributed by atoms with Gasteiger partial charge in [0.1, 0.15) is 0 Å². The third kappa shape index (κ3) is 3.74. The topological polar surface area (TPSA) is 58.1 Å². The van der Waals surface area contributed by atoms with Gasteiger partial charge in [-0.25, -0.2) is 9.97 Å². The van der Waals surface area contributed by atoms with Gasteiger partial charge < -0.3 is 10.2 Å². The minimum atomic E-state index is -0.0966. The number of carbonyl (C=O) groups is 1. The van der Waals surface area contributed by atoms with Crippen LogP contribution in [-0.4, -0.2) is 30.0 Å². The highest BCUT2D eigenvalue weighted by atomic mass is 79.9. The third-order valence-electron chi connectivity index (χ3n) is 2.32. The lowest BCUT2D eigenvalue weighted by Crippen LogP contribution is -2.23. The quantitative estimate of drug-likeness (QED) is 0.927. The Kier molecular flexibility index (Phi) is 4.49. The number of rotatable bonds is 4. The first-order chi connectivity index (χ1) is 9.06. The van der Waals surface area contributed by atoms with Gasteiger partial charge in [-0.05, 0) is 28.1 Å². The van der Waals surface area contributed by atoms with Gasteiger partial charge >= 0.3 is 0 Å². The van der Waals surface area contributed by atoms with Crippen molar-refractivity contribution in [2.45, 2.75) is 6.54 Å². The predicted molar refractivity (Wildman–Crippen MR) is 79.5 cm³/mol. The molecule has 7 heteroatoms. The number of carbonyl (C=O) groups excluding carboxylic acids is 1. The van der Waals surface area contributed by atoms with Gasteiger partial charge in [0.15, 0.2) is 0 Å². The Labute approximate surface area is 123 Å². The van der Waals surface area contributed by atoms with Gasteiger partial charge in [0.25, 0.3) is 5.91 Å². The van der Waals surface area contributed by atoms with Crippen LogP contribution in [0.1, 0.15) is 15.4 Å². The maximum Gasteiger partial charge on any atom is 0.261 e. The standard InChI is InChI=1S/C12H13BrN4OS/c1-17(2)12-14-4-3-9(16-12)6-15-11(18)10-5-8(13)7-19-10/h3-5,7H,6H2,1-2H3,(H,15,18). The van der Waals surface area contributed by atoms with Crippen molar-refractivity contribution < 1.29 is 4.79 Å². The van der Waals surface area contributed by atoms with Crippen LogP contribution in [-0.2, 0) is 6.54 Å². The highest BCUT2D eigenvalue weighted by molar-refractivity contribution is 9.10. The lowest BCUT2D eigenvalue weighted by molar-refractivity contribution is 0.0954. The SMILES string of the molecule is CN(C)c1nccc(CNC(=O)c2cc(Br)cs2)n1. The zero-order valence-corrected chi connectivity index (χ0v) is 13.0. The maximum atomic E-state index is 11.9. The molecule has 1 N–H and O–H groups in total. The average Bonchev–Trinajstić information content (AvgIpc) is 2.83. The number of aromatic nitrogens is 2. The summed E-state index contributed by atoms with van der Waals surface area (Å²) in [5.74, 6) is 0.534. The molecule has 2 rings (SSSR count). The monoisotopic (exact) mass is 340 g/mol. The molecule has 0 fully saturated rings. The summed E-state index contributed by atoms with van der Waals surface area (Å²) >= 11 is 4.73. The second-order valence-electron chi connectivity index (χ2n) is 4.05. The highest BCUT2D eigenvalue weighted by Crippen LogP contribution is 2.19. The minimum absolute atomic E-state index is 0.0966. The van der Waals surface area contributed by atoms with Crippen molar-refractivity contribution in [1.82, 2.24) is 15.3 Å². The molecule has 0 aliphatic carbocycles. The molecule has 0 radical (unpaired) electrons. The van der Waals surface area contributed by atoms with Crippen molar-refractivity contribution in [3.63, 3.8) is 0 Å². The number of hydrogen-bond acceptors (Lipinski definition) is 5. The van der Waals surface area contributed by atoms with E-state index in [4.69, 9.17) is 0 Å². The molecular weight excluding hydrogens is 328 g/mol. The number of nitrogens with one attached hydrogen (secondary N) is 1. The molecule has 2 aromatic rings. The summed E-state index contributed by atoms with van der Waals surface area (Å²) in [4.78, 5) is 22.8. The van der Waals surface area contributed by atoms with Crippen molar-refractivity contribution in [3.8, 4) is 0 Å². The zero-order chi connectivity index (χ0) is 13.8. The first-order valence-electron chi connectivity index (χ1n) is 5.58. The van der Waals surface area contributed by atoms with E-state index in [0.29, 0.717) is 17.4 Å². The molecule has 0 aliphatic heterocycles. The normalized spacial score (nSPS) is 10.3. The lowest BCUT2D eigenvalue weighted by atomic mass is 10.4. The summed E-state index contributed by atoms with van der Waals surface area (Å²) < 4.78 is 0.916. The molecule has 5 nitrogen and oxygen atoms in total. The maximum absolute atomic E-state index is 11.9. The van der Waals surface area contributed by atoms with Crippen LogP contribution < -0.4 is 10.2 Å². The van der Waals surface area contributed by atoms with Crippen molar-refractivity contribution in [2.75, 3.05) is 19.0 Å². The first kappa shape index (κ1) is 14.0. The molecule has 100 valence electrons. The number of amides is 1. The van der Waals surface area contributed by atoms with Crippen LogP contribution in [0.2, 0.25) is 0 Å². The zero-order valence-electron chi connectivity index (χ0n) is 10.6. The van der Waals surface area contributed by atoms with Gasteiger partial charge in [0.05, 0.1) is 17.1 Å². The molecular formula is C12H13BrN4OS. The molecule has 0 atom stereocenters. The van der Waals surface area contributed by atoms with E-state index < -0.39 is 0 Å². The Morgan fingerprint density at radius 1 is 1.53 bits per heavy atom. The van der Waals surface area contributed by atoms with Crippen molar-refractivity contribution >= 4 is 39.1 Å². The van der Waals surface area contributed by atoms with Crippen molar-refractivity contribution in [3.05, 3.63) is 38.8 Å². The summed E-state index contributed by atoms with van der Waals surface area (Å²) in [6.07, 6.45) is 1.69. The van der Waals surface area contributed by atoms with Gasteiger partial charge in [-0.3, -0.25) is 4.79 Å². The Morgan fingerprint density at radius 3 is 2.95 bits per heavy atom. The van der Waals surface area contributed by atoms with E-state index in [1.807, 2.05) is 24.4 Å². The molecule has 0 spiro atoms. The Bertz CT molecular complexity index is 585. The van der Waals surface area contributed by atoms with E-state index in [0.717, 1.165) is 10.2 Å². The Balaban J connectivity index is 1.99. The first-order valence-corrected chi connectivity index (χ1v) is 7.25. The minimum Gasteiger partial charge on any atom is -0.347 e. The molecule has 0 saturated carbocycles. The van der Waals surface area contributed by atoms with Crippen LogP contribution in [0.4, 0.5) is 5.95 Å². The fraction of sp³-hybridized carbons (Fsp3) is 0.250. The predicted octanol–water partition coefficient (Wildman–Crippen LogP) is 2.30. The highest BCUT2D eigenvalue weighted by Gasteiger charge is 2.08. The Hall–Kier alpha value is -1.47. The molecule has 0 aliphatic rings. The molecule has 0 aromatic carbocycles. The second kappa shape index (κ2) is 6.12. The molecule has 1 amide bonds. The summed E-state index contributed by atoms with van der Waals surface area (Å²) in [7, 11) is 3.75. The van der Waals surface area contributed by atoms with E-state index in [1.165, 1.54) is 11.3 Å². The van der Waals surface area contributed by atoms with Gasteiger partial charge in [-0.15, -0.1) is 11.3 Å². The molecule has 0 bridgehead atoms. The van der Waals surface area contributed by atoms with E-state index in [9.17, 15) is 4.79 Å². The van der Waals surface area contributed by atoms with Crippen LogP contribution in [0.5, 0.6) is 0 Å². The number of nitrogens with zero attached hydrogens (tertiary/aromatic N) is 3. The van der Waals surface area contributed by atoms with Gasteiger partial charge in [0, 0.05) is 30.1 Å². The van der Waals surface area contributed by atoms with Crippen LogP contribution in [0, 0.1) is 0 Å². The number of halogens is 1. The lowest BCUT2D eigenvalue weighted by Gasteiger charge is -2.10. The van der Waals surface area contributed by atoms with E-state index in [1.54, 1.807) is 18.3 Å². The van der Waals surface area contributed by atoms with E-state index in [-0.39, 0.29) is 5.91 Å². The van der Waals surface area contributed by atoms with Crippen LogP contribution in [0.25, 0.3) is 0 Å².